The van der Waals surface area contributed by atoms with Gasteiger partial charge in [-0.05, 0) is 49.2 Å². The van der Waals surface area contributed by atoms with E-state index in [1.807, 2.05) is 56.3 Å². The number of amides is 2. The van der Waals surface area contributed by atoms with E-state index in [1.165, 1.54) is 11.8 Å². The molecule has 9 heteroatoms. The second-order valence-corrected chi connectivity index (χ2v) is 8.53. The van der Waals surface area contributed by atoms with Gasteiger partial charge in [-0.2, -0.15) is 0 Å². The Kier molecular flexibility index (Phi) is 7.28. The summed E-state index contributed by atoms with van der Waals surface area (Å²) in [5.74, 6) is 0.422. The van der Waals surface area contributed by atoms with Crippen LogP contribution < -0.4 is 10.6 Å². The molecule has 0 atom stereocenters. The van der Waals surface area contributed by atoms with Crippen molar-refractivity contribution in [1.82, 2.24) is 14.8 Å². The first kappa shape index (κ1) is 22.0. The van der Waals surface area contributed by atoms with Crippen molar-refractivity contribution >= 4 is 50.9 Å². The molecule has 0 aliphatic heterocycles. The van der Waals surface area contributed by atoms with Gasteiger partial charge in [0, 0.05) is 22.9 Å². The lowest BCUT2D eigenvalue weighted by Gasteiger charge is -2.11. The second kappa shape index (κ2) is 9.90. The Morgan fingerprint density at radius 3 is 2.47 bits per heavy atom. The van der Waals surface area contributed by atoms with Crippen molar-refractivity contribution in [1.29, 1.82) is 0 Å². The lowest BCUT2D eigenvalue weighted by Crippen LogP contribution is -2.17. The van der Waals surface area contributed by atoms with Crippen molar-refractivity contribution in [2.45, 2.75) is 25.4 Å². The number of thioether (sulfide) groups is 1. The zero-order chi connectivity index (χ0) is 21.7. The summed E-state index contributed by atoms with van der Waals surface area (Å²) >= 11 is 4.77. The summed E-state index contributed by atoms with van der Waals surface area (Å²) < 4.78 is 2.74. The van der Waals surface area contributed by atoms with Crippen LogP contribution in [0.2, 0.25) is 0 Å². The Labute approximate surface area is 187 Å². The molecule has 0 spiro atoms. The molecule has 2 N–H and O–H groups in total. The molecular weight excluding hydrogens is 466 g/mol. The molecule has 2 aromatic carbocycles. The molecule has 1 aromatic heterocycles. The fraction of sp³-hybridized carbons (Fsp3) is 0.238. The fourth-order valence-electron chi connectivity index (χ4n) is 2.73. The minimum atomic E-state index is -0.174. The van der Waals surface area contributed by atoms with Crippen LogP contribution in [0.5, 0.6) is 0 Å². The predicted octanol–water partition coefficient (Wildman–Crippen LogP) is 4.11. The molecule has 7 nitrogen and oxygen atoms in total. The standard InChI is InChI=1S/C21H22BrN5O2S/c1-13-14(2)17(10-9-16(13)22)24-20(29)12-30-21-26-25-18(27(21)3)11-19(28)23-15-7-5-4-6-8-15/h4-10H,11-12H2,1-3H3,(H,23,28)(H,24,29). The average molecular weight is 488 g/mol. The van der Waals surface area contributed by atoms with Crippen molar-refractivity contribution in [2.24, 2.45) is 7.05 Å². The smallest absolute Gasteiger partial charge is 0.234 e. The van der Waals surface area contributed by atoms with Crippen LogP contribution in [-0.2, 0) is 23.1 Å². The second-order valence-electron chi connectivity index (χ2n) is 6.73. The van der Waals surface area contributed by atoms with Crippen LogP contribution in [-0.4, -0.2) is 32.3 Å². The number of anilines is 2. The molecule has 30 heavy (non-hydrogen) atoms. The summed E-state index contributed by atoms with van der Waals surface area (Å²) in [5, 5.41) is 14.5. The molecule has 0 radical (unpaired) electrons. The predicted molar refractivity (Wildman–Crippen MR) is 123 cm³/mol. The molecule has 3 rings (SSSR count). The van der Waals surface area contributed by atoms with Crippen LogP contribution in [0.1, 0.15) is 17.0 Å². The largest absolute Gasteiger partial charge is 0.326 e. The van der Waals surface area contributed by atoms with Crippen molar-refractivity contribution in [2.75, 3.05) is 16.4 Å². The molecule has 0 unspecified atom stereocenters. The molecular formula is C21H22BrN5O2S. The molecule has 0 fully saturated rings. The van der Waals surface area contributed by atoms with E-state index >= 15 is 0 Å². The molecule has 3 aromatic rings. The van der Waals surface area contributed by atoms with Gasteiger partial charge in [-0.3, -0.25) is 9.59 Å². The minimum absolute atomic E-state index is 0.0997. The maximum absolute atomic E-state index is 12.4. The molecule has 0 bridgehead atoms. The third-order valence-corrected chi connectivity index (χ3v) is 6.51. The van der Waals surface area contributed by atoms with E-state index in [0.29, 0.717) is 11.0 Å². The highest BCUT2D eigenvalue weighted by atomic mass is 79.9. The maximum atomic E-state index is 12.4. The van der Waals surface area contributed by atoms with E-state index in [1.54, 1.807) is 11.6 Å². The fourth-order valence-corrected chi connectivity index (χ4v) is 3.89. The third-order valence-electron chi connectivity index (χ3n) is 4.63. The first-order chi connectivity index (χ1) is 14.3. The van der Waals surface area contributed by atoms with Crippen LogP contribution in [0, 0.1) is 13.8 Å². The summed E-state index contributed by atoms with van der Waals surface area (Å²) in [4.78, 5) is 24.6. The summed E-state index contributed by atoms with van der Waals surface area (Å²) in [6.45, 7) is 3.97. The van der Waals surface area contributed by atoms with E-state index in [-0.39, 0.29) is 24.0 Å². The lowest BCUT2D eigenvalue weighted by atomic mass is 10.1. The van der Waals surface area contributed by atoms with Gasteiger partial charge < -0.3 is 15.2 Å². The zero-order valence-corrected chi connectivity index (χ0v) is 19.3. The number of rotatable bonds is 7. The van der Waals surface area contributed by atoms with E-state index < -0.39 is 0 Å². The number of hydrogen-bond donors (Lipinski definition) is 2. The number of carbonyl (C=O) groups excluding carboxylic acids is 2. The van der Waals surface area contributed by atoms with Crippen LogP contribution in [0.15, 0.2) is 52.1 Å². The van der Waals surface area contributed by atoms with Crippen molar-refractivity contribution < 1.29 is 9.59 Å². The number of halogens is 1. The highest BCUT2D eigenvalue weighted by molar-refractivity contribution is 9.10. The number of carbonyl (C=O) groups is 2. The SMILES string of the molecule is Cc1c(Br)ccc(NC(=O)CSc2nnc(CC(=O)Nc3ccccc3)n2C)c1C. The average Bonchev–Trinajstić information content (AvgIpc) is 3.07. The maximum Gasteiger partial charge on any atom is 0.234 e. The van der Waals surface area contributed by atoms with Gasteiger partial charge in [0.1, 0.15) is 5.82 Å². The molecule has 2 amide bonds. The Hall–Kier alpha value is -2.65. The van der Waals surface area contributed by atoms with Gasteiger partial charge in [-0.15, -0.1) is 10.2 Å². The van der Waals surface area contributed by atoms with Gasteiger partial charge >= 0.3 is 0 Å². The lowest BCUT2D eigenvalue weighted by molar-refractivity contribution is -0.116. The van der Waals surface area contributed by atoms with E-state index in [9.17, 15) is 9.59 Å². The number of para-hydroxylation sites is 1. The molecule has 0 aliphatic carbocycles. The van der Waals surface area contributed by atoms with E-state index in [0.717, 1.165) is 27.0 Å². The summed E-state index contributed by atoms with van der Waals surface area (Å²) in [6, 6.07) is 13.0. The number of nitrogens with one attached hydrogen (secondary N) is 2. The Balaban J connectivity index is 1.55. The summed E-state index contributed by atoms with van der Waals surface area (Å²) in [7, 11) is 1.79. The topological polar surface area (TPSA) is 88.9 Å². The van der Waals surface area contributed by atoms with Crippen molar-refractivity contribution in [3.8, 4) is 0 Å². The van der Waals surface area contributed by atoms with Gasteiger partial charge in [0.05, 0.1) is 12.2 Å². The van der Waals surface area contributed by atoms with Crippen molar-refractivity contribution in [3.63, 3.8) is 0 Å². The van der Waals surface area contributed by atoms with Crippen LogP contribution >= 0.6 is 27.7 Å². The van der Waals surface area contributed by atoms with Crippen LogP contribution in [0.25, 0.3) is 0 Å². The molecule has 0 aliphatic rings. The van der Waals surface area contributed by atoms with E-state index in [4.69, 9.17) is 0 Å². The monoisotopic (exact) mass is 487 g/mol. The summed E-state index contributed by atoms with van der Waals surface area (Å²) in [6.07, 6.45) is 0.0997. The van der Waals surface area contributed by atoms with E-state index in [2.05, 4.69) is 36.8 Å². The number of hydrogen-bond acceptors (Lipinski definition) is 5. The van der Waals surface area contributed by atoms with Gasteiger partial charge in [0.2, 0.25) is 11.8 Å². The molecule has 156 valence electrons. The number of aromatic nitrogens is 3. The van der Waals surface area contributed by atoms with Crippen molar-refractivity contribution in [3.05, 3.63) is 63.9 Å². The summed E-state index contributed by atoms with van der Waals surface area (Å²) in [5.41, 5.74) is 3.63. The Morgan fingerprint density at radius 1 is 1.00 bits per heavy atom. The van der Waals surface area contributed by atoms with Gasteiger partial charge in [0.15, 0.2) is 5.16 Å². The molecule has 0 saturated heterocycles. The molecule has 1 heterocycles. The number of nitrogens with zero attached hydrogens (tertiary/aromatic N) is 3. The first-order valence-corrected chi connectivity index (χ1v) is 11.0. The van der Waals surface area contributed by atoms with Gasteiger partial charge in [-0.25, -0.2) is 0 Å². The first-order valence-electron chi connectivity index (χ1n) is 9.26. The van der Waals surface area contributed by atoms with Gasteiger partial charge in [0.25, 0.3) is 0 Å². The zero-order valence-electron chi connectivity index (χ0n) is 16.9. The highest BCUT2D eigenvalue weighted by Gasteiger charge is 2.15. The van der Waals surface area contributed by atoms with Gasteiger partial charge in [-0.1, -0.05) is 45.9 Å². The third kappa shape index (κ3) is 5.48. The van der Waals surface area contributed by atoms with Crippen LogP contribution in [0.4, 0.5) is 11.4 Å². The number of benzene rings is 2. The minimum Gasteiger partial charge on any atom is -0.326 e. The normalized spacial score (nSPS) is 10.7. The Bertz CT molecular complexity index is 1070. The van der Waals surface area contributed by atoms with Crippen LogP contribution in [0.3, 0.4) is 0 Å². The molecule has 0 saturated carbocycles. The quantitative estimate of drug-likeness (QED) is 0.489. The Morgan fingerprint density at radius 2 is 1.73 bits per heavy atom. The highest BCUT2D eigenvalue weighted by Crippen LogP contribution is 2.26.